The first-order chi connectivity index (χ1) is 8.42. The van der Waals surface area contributed by atoms with Gasteiger partial charge in [0.2, 0.25) is 0 Å². The molecule has 3 nitrogen and oxygen atoms in total. The van der Waals surface area contributed by atoms with E-state index in [2.05, 4.69) is 6.58 Å². The smallest absolute Gasteiger partial charge is 0.200 e. The van der Waals surface area contributed by atoms with Gasteiger partial charge in [0, 0.05) is 18.2 Å². The molecule has 18 heavy (non-hydrogen) atoms. The predicted octanol–water partition coefficient (Wildman–Crippen LogP) is 2.66. The van der Waals surface area contributed by atoms with E-state index in [0.29, 0.717) is 11.1 Å². The SMILES string of the molecule is C=CC1(OC)C(=O)c2ccccc2C(=O)C1(C)C. The fourth-order valence-corrected chi connectivity index (χ4v) is 2.65. The average Bonchev–Trinajstić information content (AvgIpc) is 2.38. The Morgan fingerprint density at radius 2 is 1.61 bits per heavy atom. The highest BCUT2D eigenvalue weighted by Gasteiger charge is 2.58. The van der Waals surface area contributed by atoms with Crippen LogP contribution in [0.15, 0.2) is 36.9 Å². The van der Waals surface area contributed by atoms with Gasteiger partial charge >= 0.3 is 0 Å². The van der Waals surface area contributed by atoms with Gasteiger partial charge in [-0.25, -0.2) is 0 Å². The lowest BCUT2D eigenvalue weighted by Gasteiger charge is -2.44. The van der Waals surface area contributed by atoms with E-state index in [1.165, 1.54) is 13.2 Å². The Kier molecular flexibility index (Phi) is 2.74. The summed E-state index contributed by atoms with van der Waals surface area (Å²) in [6, 6.07) is 6.84. The summed E-state index contributed by atoms with van der Waals surface area (Å²) in [5.74, 6) is -0.306. The third-order valence-electron chi connectivity index (χ3n) is 3.86. The quantitative estimate of drug-likeness (QED) is 0.751. The maximum atomic E-state index is 12.6. The fourth-order valence-electron chi connectivity index (χ4n) is 2.65. The van der Waals surface area contributed by atoms with Crippen LogP contribution >= 0.6 is 0 Å². The molecule has 0 radical (unpaired) electrons. The van der Waals surface area contributed by atoms with Gasteiger partial charge in [-0.15, -0.1) is 0 Å². The second kappa shape index (κ2) is 3.89. The summed E-state index contributed by atoms with van der Waals surface area (Å²) in [6.07, 6.45) is 1.43. The van der Waals surface area contributed by atoms with Gasteiger partial charge in [0.25, 0.3) is 0 Å². The number of methoxy groups -OCH3 is 1. The lowest BCUT2D eigenvalue weighted by Crippen LogP contribution is -2.58. The molecule has 0 fully saturated rings. The molecule has 1 aromatic carbocycles. The normalized spacial score (nSPS) is 25.7. The Bertz CT molecular complexity index is 542. The number of benzene rings is 1. The number of ketones is 2. The monoisotopic (exact) mass is 244 g/mol. The summed E-state index contributed by atoms with van der Waals surface area (Å²) in [6.45, 7) is 7.12. The lowest BCUT2D eigenvalue weighted by molar-refractivity contribution is -0.0301. The molecular formula is C15H16O3. The van der Waals surface area contributed by atoms with E-state index >= 15 is 0 Å². The number of carbonyl (C=O) groups excluding carboxylic acids is 2. The first-order valence-corrected chi connectivity index (χ1v) is 5.79. The molecule has 0 heterocycles. The molecule has 0 aliphatic heterocycles. The van der Waals surface area contributed by atoms with Crippen LogP contribution in [0.25, 0.3) is 0 Å². The Balaban J connectivity index is 2.80. The summed E-state index contributed by atoms with van der Waals surface area (Å²) in [7, 11) is 1.43. The van der Waals surface area contributed by atoms with Gasteiger partial charge in [-0.1, -0.05) is 36.9 Å². The van der Waals surface area contributed by atoms with Crippen LogP contribution in [0.1, 0.15) is 34.6 Å². The van der Waals surface area contributed by atoms with Crippen molar-refractivity contribution in [3.63, 3.8) is 0 Å². The first-order valence-electron chi connectivity index (χ1n) is 5.79. The standard InChI is InChI=1S/C15H16O3/c1-5-15(18-4)13(17)11-9-7-6-8-10(11)12(16)14(15,2)3/h5-9H,1H2,2-4H3. The Morgan fingerprint density at radius 1 is 1.11 bits per heavy atom. The minimum absolute atomic E-state index is 0.0977. The van der Waals surface area contributed by atoms with Crippen molar-refractivity contribution in [2.24, 2.45) is 5.41 Å². The second-order valence-corrected chi connectivity index (χ2v) is 4.97. The summed E-state index contributed by atoms with van der Waals surface area (Å²) in [4.78, 5) is 25.2. The minimum atomic E-state index is -1.29. The molecule has 1 aliphatic carbocycles. The highest BCUT2D eigenvalue weighted by molar-refractivity contribution is 6.21. The van der Waals surface area contributed by atoms with Gasteiger partial charge in [0.05, 0.1) is 5.41 Å². The van der Waals surface area contributed by atoms with Crippen molar-refractivity contribution in [3.8, 4) is 0 Å². The Hall–Kier alpha value is -1.74. The van der Waals surface area contributed by atoms with Crippen molar-refractivity contribution < 1.29 is 14.3 Å². The van der Waals surface area contributed by atoms with Crippen LogP contribution in [-0.2, 0) is 4.74 Å². The van der Waals surface area contributed by atoms with Crippen LogP contribution in [0.3, 0.4) is 0 Å². The van der Waals surface area contributed by atoms with E-state index in [9.17, 15) is 9.59 Å². The van der Waals surface area contributed by atoms with Crippen LogP contribution in [0.5, 0.6) is 0 Å². The number of Topliss-reactive ketones (excluding diaryl/α,β-unsaturated/α-hetero) is 2. The zero-order valence-electron chi connectivity index (χ0n) is 10.8. The summed E-state index contributed by atoms with van der Waals surface area (Å²) < 4.78 is 5.39. The van der Waals surface area contributed by atoms with Crippen LogP contribution < -0.4 is 0 Å². The van der Waals surface area contributed by atoms with Crippen molar-refractivity contribution in [2.45, 2.75) is 19.4 Å². The van der Waals surface area contributed by atoms with Crippen molar-refractivity contribution in [3.05, 3.63) is 48.0 Å². The molecule has 94 valence electrons. The van der Waals surface area contributed by atoms with Gasteiger partial charge in [-0.3, -0.25) is 9.59 Å². The van der Waals surface area contributed by atoms with E-state index in [-0.39, 0.29) is 11.6 Å². The van der Waals surface area contributed by atoms with Gasteiger partial charge in [0.1, 0.15) is 0 Å². The Labute approximate surface area is 106 Å². The number of hydrogen-bond donors (Lipinski definition) is 0. The van der Waals surface area contributed by atoms with Gasteiger partial charge in [0.15, 0.2) is 17.2 Å². The van der Waals surface area contributed by atoms with E-state index < -0.39 is 11.0 Å². The van der Waals surface area contributed by atoms with Crippen molar-refractivity contribution >= 4 is 11.6 Å². The molecule has 0 aromatic heterocycles. The highest BCUT2D eigenvalue weighted by atomic mass is 16.5. The van der Waals surface area contributed by atoms with E-state index in [1.54, 1.807) is 38.1 Å². The van der Waals surface area contributed by atoms with Crippen molar-refractivity contribution in [1.82, 2.24) is 0 Å². The number of ether oxygens (including phenoxy) is 1. The molecule has 0 N–H and O–H groups in total. The molecule has 0 bridgehead atoms. The number of fused-ring (bicyclic) bond motifs is 1. The van der Waals surface area contributed by atoms with Gasteiger partial charge in [-0.05, 0) is 13.8 Å². The molecule has 0 saturated carbocycles. The molecule has 1 atom stereocenters. The number of rotatable bonds is 2. The molecule has 0 saturated heterocycles. The van der Waals surface area contributed by atoms with Crippen molar-refractivity contribution in [2.75, 3.05) is 7.11 Å². The lowest BCUT2D eigenvalue weighted by atomic mass is 9.62. The molecule has 3 heteroatoms. The molecule has 0 spiro atoms. The third kappa shape index (κ3) is 1.28. The summed E-state index contributed by atoms with van der Waals surface area (Å²) >= 11 is 0. The summed E-state index contributed by atoms with van der Waals surface area (Å²) in [5.41, 5.74) is -1.39. The number of hydrogen-bond acceptors (Lipinski definition) is 3. The Morgan fingerprint density at radius 3 is 2.06 bits per heavy atom. The van der Waals surface area contributed by atoms with Crippen molar-refractivity contribution in [1.29, 1.82) is 0 Å². The zero-order chi connectivity index (χ0) is 13.6. The van der Waals surface area contributed by atoms with Crippen LogP contribution in [0, 0.1) is 5.41 Å². The zero-order valence-corrected chi connectivity index (χ0v) is 10.8. The number of carbonyl (C=O) groups is 2. The minimum Gasteiger partial charge on any atom is -0.365 e. The first kappa shape index (κ1) is 12.7. The average molecular weight is 244 g/mol. The molecule has 1 aromatic rings. The third-order valence-corrected chi connectivity index (χ3v) is 3.86. The molecule has 1 aliphatic rings. The fraction of sp³-hybridized carbons (Fsp3) is 0.333. The summed E-state index contributed by atoms with van der Waals surface area (Å²) in [5, 5.41) is 0. The second-order valence-electron chi connectivity index (χ2n) is 4.97. The maximum absolute atomic E-state index is 12.6. The predicted molar refractivity (Wildman–Crippen MR) is 68.8 cm³/mol. The molecule has 0 amide bonds. The van der Waals surface area contributed by atoms with E-state index in [4.69, 9.17) is 4.74 Å². The highest BCUT2D eigenvalue weighted by Crippen LogP contribution is 2.45. The molecule has 2 rings (SSSR count). The van der Waals surface area contributed by atoms with Crippen LogP contribution in [0.4, 0.5) is 0 Å². The van der Waals surface area contributed by atoms with Crippen LogP contribution in [-0.4, -0.2) is 24.3 Å². The van der Waals surface area contributed by atoms with Gasteiger partial charge in [-0.2, -0.15) is 0 Å². The largest absolute Gasteiger partial charge is 0.365 e. The topological polar surface area (TPSA) is 43.4 Å². The molecule has 1 unspecified atom stereocenters. The maximum Gasteiger partial charge on any atom is 0.200 e. The van der Waals surface area contributed by atoms with Crippen LogP contribution in [0.2, 0.25) is 0 Å². The van der Waals surface area contributed by atoms with E-state index in [0.717, 1.165) is 0 Å². The van der Waals surface area contributed by atoms with E-state index in [1.807, 2.05) is 0 Å². The van der Waals surface area contributed by atoms with Gasteiger partial charge < -0.3 is 4.74 Å². The molecular weight excluding hydrogens is 228 g/mol.